The molecule has 0 N–H and O–H groups in total. The Labute approximate surface area is 182 Å². The molecule has 1 atom stereocenters. The van der Waals surface area contributed by atoms with Crippen molar-refractivity contribution in [2.24, 2.45) is 0 Å². The molecule has 1 aliphatic heterocycles. The number of para-hydroxylation sites is 1. The first-order chi connectivity index (χ1) is 15.1. The van der Waals surface area contributed by atoms with E-state index in [9.17, 15) is 9.18 Å². The number of carbonyl (C=O) groups is 1. The van der Waals surface area contributed by atoms with E-state index in [0.717, 1.165) is 50.2 Å². The first-order valence-electron chi connectivity index (χ1n) is 11.0. The van der Waals surface area contributed by atoms with Gasteiger partial charge in [0.2, 0.25) is 0 Å². The Morgan fingerprint density at radius 2 is 1.84 bits per heavy atom. The zero-order chi connectivity index (χ0) is 21.4. The second-order valence-electron chi connectivity index (χ2n) is 8.56. The van der Waals surface area contributed by atoms with E-state index in [2.05, 4.69) is 41.2 Å². The summed E-state index contributed by atoms with van der Waals surface area (Å²) in [6, 6.07) is 17.2. The Bertz CT molecular complexity index is 1090. The number of piperazine rings is 1. The summed E-state index contributed by atoms with van der Waals surface area (Å²) >= 11 is 0. The molecule has 1 aromatic heterocycles. The number of hydrogen-bond donors (Lipinski definition) is 0. The van der Waals surface area contributed by atoms with Crippen molar-refractivity contribution in [1.82, 2.24) is 19.6 Å². The van der Waals surface area contributed by atoms with Crippen molar-refractivity contribution in [1.29, 1.82) is 0 Å². The van der Waals surface area contributed by atoms with Crippen LogP contribution < -0.4 is 0 Å². The second kappa shape index (κ2) is 8.27. The predicted molar refractivity (Wildman–Crippen MR) is 118 cm³/mol. The van der Waals surface area contributed by atoms with Crippen LogP contribution in [0.3, 0.4) is 0 Å². The highest BCUT2D eigenvalue weighted by Crippen LogP contribution is 2.30. The lowest BCUT2D eigenvalue weighted by Gasteiger charge is -2.39. The second-order valence-corrected chi connectivity index (χ2v) is 8.56. The van der Waals surface area contributed by atoms with Crippen LogP contribution in [-0.4, -0.2) is 51.2 Å². The maximum absolute atomic E-state index is 14.4. The van der Waals surface area contributed by atoms with E-state index in [-0.39, 0.29) is 17.8 Å². The lowest BCUT2D eigenvalue weighted by Crippen LogP contribution is -2.53. The summed E-state index contributed by atoms with van der Waals surface area (Å²) in [5.41, 5.74) is 4.17. The molecule has 3 aromatic rings. The summed E-state index contributed by atoms with van der Waals surface area (Å²) in [5.74, 6) is -0.346. The summed E-state index contributed by atoms with van der Waals surface area (Å²) in [4.78, 5) is 17.8. The average Bonchev–Trinajstić information content (AvgIpc) is 3.38. The Balaban J connectivity index is 1.36. The van der Waals surface area contributed by atoms with E-state index in [1.807, 2.05) is 11.0 Å². The van der Waals surface area contributed by atoms with Gasteiger partial charge in [-0.1, -0.05) is 42.5 Å². The first-order valence-corrected chi connectivity index (χ1v) is 11.0. The molecule has 5 nitrogen and oxygen atoms in total. The van der Waals surface area contributed by atoms with Gasteiger partial charge in [-0.3, -0.25) is 9.69 Å². The van der Waals surface area contributed by atoms with E-state index < -0.39 is 0 Å². The van der Waals surface area contributed by atoms with Gasteiger partial charge >= 0.3 is 0 Å². The van der Waals surface area contributed by atoms with Crippen LogP contribution in [-0.2, 0) is 19.4 Å². The molecule has 0 saturated carbocycles. The van der Waals surface area contributed by atoms with Gasteiger partial charge in [0.05, 0.1) is 0 Å². The molecule has 1 unspecified atom stereocenters. The molecule has 2 heterocycles. The fourth-order valence-electron chi connectivity index (χ4n) is 4.89. The number of halogens is 1. The van der Waals surface area contributed by atoms with Crippen molar-refractivity contribution in [3.8, 4) is 5.69 Å². The van der Waals surface area contributed by atoms with Gasteiger partial charge in [0.15, 0.2) is 5.69 Å². The zero-order valence-corrected chi connectivity index (χ0v) is 17.8. The molecule has 6 heteroatoms. The SMILES string of the molecule is CC1CN(Cc2ccccc2)CCN1C(=O)c1nn(-c2ccccc2F)c2c1CCC2. The van der Waals surface area contributed by atoms with E-state index >= 15 is 0 Å². The highest BCUT2D eigenvalue weighted by atomic mass is 19.1. The molecular formula is C25H27FN4O. The van der Waals surface area contributed by atoms with Gasteiger partial charge in [-0.05, 0) is 43.9 Å². The van der Waals surface area contributed by atoms with Crippen LogP contribution in [0.15, 0.2) is 54.6 Å². The van der Waals surface area contributed by atoms with Crippen LogP contribution in [0.2, 0.25) is 0 Å². The molecule has 5 rings (SSSR count). The molecule has 1 amide bonds. The smallest absolute Gasteiger partial charge is 0.274 e. The fourth-order valence-corrected chi connectivity index (χ4v) is 4.89. The number of aromatic nitrogens is 2. The van der Waals surface area contributed by atoms with Crippen LogP contribution in [0, 0.1) is 5.82 Å². The van der Waals surface area contributed by atoms with Gasteiger partial charge in [-0.15, -0.1) is 0 Å². The molecule has 0 bridgehead atoms. The number of rotatable bonds is 4. The summed E-state index contributed by atoms with van der Waals surface area (Å²) in [5, 5.41) is 4.63. The fraction of sp³-hybridized carbons (Fsp3) is 0.360. The summed E-state index contributed by atoms with van der Waals surface area (Å²) < 4.78 is 16.1. The summed E-state index contributed by atoms with van der Waals surface area (Å²) in [6.07, 6.45) is 2.62. The first kappa shape index (κ1) is 19.9. The van der Waals surface area contributed by atoms with Crippen molar-refractivity contribution < 1.29 is 9.18 Å². The van der Waals surface area contributed by atoms with Crippen molar-refractivity contribution in [3.05, 3.63) is 82.9 Å². The van der Waals surface area contributed by atoms with Crippen LogP contribution >= 0.6 is 0 Å². The number of hydrogen-bond acceptors (Lipinski definition) is 3. The standard InChI is InChI=1S/C25H27FN4O/c1-18-16-28(17-19-8-3-2-4-9-19)14-15-29(18)25(31)24-20-10-7-13-22(20)30(27-24)23-12-6-5-11-21(23)26/h2-6,8-9,11-12,18H,7,10,13-17H2,1H3. The number of nitrogens with zero attached hydrogens (tertiary/aromatic N) is 4. The maximum atomic E-state index is 14.4. The largest absolute Gasteiger partial charge is 0.332 e. The molecule has 160 valence electrons. The van der Waals surface area contributed by atoms with Crippen LogP contribution in [0.25, 0.3) is 5.69 Å². The van der Waals surface area contributed by atoms with E-state index in [0.29, 0.717) is 17.9 Å². The molecular weight excluding hydrogens is 391 g/mol. The van der Waals surface area contributed by atoms with Crippen molar-refractivity contribution in [2.45, 2.75) is 38.8 Å². The van der Waals surface area contributed by atoms with Gasteiger partial charge in [-0.2, -0.15) is 5.10 Å². The highest BCUT2D eigenvalue weighted by molar-refractivity contribution is 5.94. The van der Waals surface area contributed by atoms with E-state index in [1.54, 1.807) is 22.9 Å². The minimum absolute atomic E-state index is 0.0277. The van der Waals surface area contributed by atoms with Crippen molar-refractivity contribution in [3.63, 3.8) is 0 Å². The quantitative estimate of drug-likeness (QED) is 0.646. The van der Waals surface area contributed by atoms with Crippen molar-refractivity contribution in [2.75, 3.05) is 19.6 Å². The van der Waals surface area contributed by atoms with Gasteiger partial charge in [0.1, 0.15) is 11.5 Å². The number of carbonyl (C=O) groups excluding carboxylic acids is 1. The van der Waals surface area contributed by atoms with Gasteiger partial charge < -0.3 is 4.90 Å². The topological polar surface area (TPSA) is 41.4 Å². The third kappa shape index (κ3) is 3.76. The number of amides is 1. The molecule has 0 radical (unpaired) electrons. The number of benzene rings is 2. The molecule has 1 aliphatic carbocycles. The third-order valence-electron chi connectivity index (χ3n) is 6.43. The van der Waals surface area contributed by atoms with Crippen molar-refractivity contribution >= 4 is 5.91 Å². The molecule has 2 aliphatic rings. The monoisotopic (exact) mass is 418 g/mol. The van der Waals surface area contributed by atoms with Gasteiger partial charge in [0.25, 0.3) is 5.91 Å². The lowest BCUT2D eigenvalue weighted by molar-refractivity contribution is 0.0468. The Kier molecular flexibility index (Phi) is 5.32. The normalized spacial score (nSPS) is 18.9. The Morgan fingerprint density at radius 3 is 2.61 bits per heavy atom. The lowest BCUT2D eigenvalue weighted by atomic mass is 10.1. The average molecular weight is 419 g/mol. The minimum Gasteiger partial charge on any atom is -0.332 e. The third-order valence-corrected chi connectivity index (χ3v) is 6.43. The summed E-state index contributed by atoms with van der Waals surface area (Å²) in [7, 11) is 0. The Morgan fingerprint density at radius 1 is 1.06 bits per heavy atom. The molecule has 1 fully saturated rings. The predicted octanol–water partition coefficient (Wildman–Crippen LogP) is 3.85. The zero-order valence-electron chi connectivity index (χ0n) is 17.8. The van der Waals surface area contributed by atoms with Crippen LogP contribution in [0.1, 0.15) is 40.7 Å². The molecule has 2 aromatic carbocycles. The van der Waals surface area contributed by atoms with Crippen LogP contribution in [0.5, 0.6) is 0 Å². The summed E-state index contributed by atoms with van der Waals surface area (Å²) in [6.45, 7) is 5.33. The van der Waals surface area contributed by atoms with Gasteiger partial charge in [-0.25, -0.2) is 9.07 Å². The van der Waals surface area contributed by atoms with E-state index in [4.69, 9.17) is 0 Å². The van der Waals surface area contributed by atoms with E-state index in [1.165, 1.54) is 11.6 Å². The highest BCUT2D eigenvalue weighted by Gasteiger charge is 2.34. The van der Waals surface area contributed by atoms with Crippen LogP contribution in [0.4, 0.5) is 4.39 Å². The maximum Gasteiger partial charge on any atom is 0.274 e. The number of fused-ring (bicyclic) bond motifs is 1. The van der Waals surface area contributed by atoms with Gasteiger partial charge in [0, 0.05) is 43.5 Å². The Hall–Kier alpha value is -2.99. The minimum atomic E-state index is -0.318. The molecule has 31 heavy (non-hydrogen) atoms. The molecule has 1 saturated heterocycles. The molecule has 0 spiro atoms.